The van der Waals surface area contributed by atoms with Gasteiger partial charge in [-0.15, -0.1) is 0 Å². The summed E-state index contributed by atoms with van der Waals surface area (Å²) in [5, 5.41) is 11.2. The van der Waals surface area contributed by atoms with Crippen LogP contribution >= 0.6 is 23.2 Å². The summed E-state index contributed by atoms with van der Waals surface area (Å²) in [5.74, 6) is -0.612. The maximum absolute atomic E-state index is 13.5. The fourth-order valence-corrected chi connectivity index (χ4v) is 5.25. The van der Waals surface area contributed by atoms with Crippen LogP contribution in [-0.2, 0) is 4.79 Å². The first-order valence-electron chi connectivity index (χ1n) is 11.2. The number of nitrogens with zero attached hydrogens (tertiary/aromatic N) is 2. The first kappa shape index (κ1) is 23.6. The van der Waals surface area contributed by atoms with Crippen molar-refractivity contribution in [3.63, 3.8) is 0 Å². The van der Waals surface area contributed by atoms with Gasteiger partial charge < -0.3 is 15.4 Å². The second kappa shape index (κ2) is 9.17. The molecule has 0 unspecified atom stereocenters. The van der Waals surface area contributed by atoms with Crippen LogP contribution in [0, 0.1) is 18.7 Å². The normalized spacial score (nSPS) is 22.4. The molecule has 35 heavy (non-hydrogen) atoms. The van der Waals surface area contributed by atoms with Crippen molar-refractivity contribution in [2.45, 2.75) is 37.8 Å². The highest BCUT2D eigenvalue weighted by atomic mass is 35.5. The molecule has 3 aromatic rings. The number of rotatable bonds is 7. The molecule has 3 saturated carbocycles. The molecular weight excluding hydrogens is 494 g/mol. The van der Waals surface area contributed by atoms with Crippen molar-refractivity contribution in [1.82, 2.24) is 20.4 Å². The summed E-state index contributed by atoms with van der Waals surface area (Å²) in [7, 11) is 0. The largest absolute Gasteiger partial charge is 0.484 e. The van der Waals surface area contributed by atoms with Gasteiger partial charge in [0.15, 0.2) is 12.3 Å². The van der Waals surface area contributed by atoms with Gasteiger partial charge >= 0.3 is 0 Å². The number of ether oxygens (including phenoxy) is 1. The molecule has 3 aliphatic carbocycles. The molecule has 2 N–H and O–H groups in total. The third-order valence-electron chi connectivity index (χ3n) is 6.66. The predicted molar refractivity (Wildman–Crippen MR) is 130 cm³/mol. The molecule has 0 spiro atoms. The van der Waals surface area contributed by atoms with E-state index in [1.54, 1.807) is 22.9 Å². The predicted octanol–water partition coefficient (Wildman–Crippen LogP) is 4.47. The number of aryl methyl sites for hydroxylation is 1. The van der Waals surface area contributed by atoms with Crippen molar-refractivity contribution in [3.05, 3.63) is 75.8 Å². The van der Waals surface area contributed by atoms with E-state index in [1.807, 2.05) is 19.1 Å². The molecule has 7 nitrogen and oxygen atoms in total. The summed E-state index contributed by atoms with van der Waals surface area (Å²) < 4.78 is 20.6. The van der Waals surface area contributed by atoms with E-state index < -0.39 is 5.82 Å². The monoisotopic (exact) mass is 516 g/mol. The fraction of sp³-hybridized carbons (Fsp3) is 0.320. The van der Waals surface area contributed by atoms with Crippen LogP contribution < -0.4 is 15.4 Å². The lowest BCUT2D eigenvalue weighted by Crippen LogP contribution is -2.52. The summed E-state index contributed by atoms with van der Waals surface area (Å²) in [6.45, 7) is 1.66. The van der Waals surface area contributed by atoms with Gasteiger partial charge in [-0.25, -0.2) is 9.07 Å². The Morgan fingerprint density at radius 3 is 2.60 bits per heavy atom. The van der Waals surface area contributed by atoms with Crippen molar-refractivity contribution >= 4 is 35.0 Å². The number of nitrogens with one attached hydrogen (secondary N) is 2. The molecule has 1 atom stereocenters. The maximum atomic E-state index is 13.5. The number of fused-ring (bicyclic) bond motifs is 1. The second-order valence-corrected chi connectivity index (χ2v) is 10.0. The smallest absolute Gasteiger partial charge is 0.272 e. The number of hydrogen-bond acceptors (Lipinski definition) is 4. The van der Waals surface area contributed by atoms with E-state index in [0.717, 1.165) is 30.3 Å². The van der Waals surface area contributed by atoms with E-state index in [2.05, 4.69) is 15.7 Å². The average molecular weight is 517 g/mol. The van der Waals surface area contributed by atoms with E-state index in [4.69, 9.17) is 27.9 Å². The van der Waals surface area contributed by atoms with Gasteiger partial charge in [0.1, 0.15) is 11.6 Å². The minimum atomic E-state index is -0.605. The Kier molecular flexibility index (Phi) is 6.19. The Bertz CT molecular complexity index is 1290. The van der Waals surface area contributed by atoms with Gasteiger partial charge in [0, 0.05) is 28.4 Å². The van der Waals surface area contributed by atoms with Crippen LogP contribution in [-0.4, -0.2) is 39.8 Å². The van der Waals surface area contributed by atoms with Crippen molar-refractivity contribution in [3.8, 4) is 11.4 Å². The number of hydrogen-bond donors (Lipinski definition) is 2. The third kappa shape index (κ3) is 4.86. The topological polar surface area (TPSA) is 85.2 Å². The Morgan fingerprint density at radius 2 is 1.89 bits per heavy atom. The van der Waals surface area contributed by atoms with Gasteiger partial charge in [0.2, 0.25) is 0 Å². The van der Waals surface area contributed by atoms with E-state index in [1.165, 1.54) is 12.1 Å². The first-order valence-corrected chi connectivity index (χ1v) is 12.0. The van der Waals surface area contributed by atoms with Gasteiger partial charge in [0.05, 0.1) is 10.7 Å². The van der Waals surface area contributed by atoms with Crippen molar-refractivity contribution in [2.24, 2.45) is 5.92 Å². The van der Waals surface area contributed by atoms with E-state index in [-0.39, 0.29) is 40.8 Å². The summed E-state index contributed by atoms with van der Waals surface area (Å²) in [6.07, 6.45) is 2.23. The summed E-state index contributed by atoms with van der Waals surface area (Å²) in [4.78, 5) is 25.3. The average Bonchev–Trinajstić information content (AvgIpc) is 3.45. The molecule has 2 aromatic carbocycles. The van der Waals surface area contributed by atoms with E-state index in [9.17, 15) is 14.0 Å². The summed E-state index contributed by atoms with van der Waals surface area (Å²) >= 11 is 11.6. The molecule has 6 rings (SSSR count). The van der Waals surface area contributed by atoms with E-state index in [0.29, 0.717) is 23.1 Å². The van der Waals surface area contributed by atoms with Gasteiger partial charge in [-0.2, -0.15) is 5.10 Å². The zero-order chi connectivity index (χ0) is 24.7. The number of halogens is 3. The van der Waals surface area contributed by atoms with Crippen LogP contribution in [0.3, 0.4) is 0 Å². The molecule has 1 aromatic heterocycles. The Labute approximate surface area is 211 Å². The van der Waals surface area contributed by atoms with Crippen LogP contribution in [0.2, 0.25) is 10.0 Å². The van der Waals surface area contributed by atoms with Crippen LogP contribution in [0.25, 0.3) is 5.69 Å². The highest BCUT2D eigenvalue weighted by Gasteiger charge is 2.57. The molecular formula is C25H23Cl2FN4O3. The van der Waals surface area contributed by atoms with E-state index >= 15 is 0 Å². The van der Waals surface area contributed by atoms with Crippen LogP contribution in [0.1, 0.15) is 35.4 Å². The standard InChI is InChI=1S/C25H23Cl2FN4O3/c1-14-8-21(31-32(14)17-4-2-16(26)3-5-17)24(34)30-25-10-15(11-25)22(12-25)29-23(33)13-35-18-6-7-19(27)20(28)9-18/h2-9,15,22H,10-13H2,1H3,(H,29,33)(H,30,34)/t15?,22-,25?/m1/s1. The molecule has 1 heterocycles. The molecule has 182 valence electrons. The molecule has 2 amide bonds. The fourth-order valence-electron chi connectivity index (χ4n) is 5.00. The Balaban J connectivity index is 1.15. The molecule has 2 bridgehead atoms. The zero-order valence-corrected chi connectivity index (χ0v) is 20.4. The number of aromatic nitrogens is 2. The SMILES string of the molecule is Cc1cc(C(=O)NC23CC(C2)[C@H](NC(=O)COc2ccc(Cl)c(F)c2)C3)nn1-c1ccc(Cl)cc1. The molecule has 10 heteroatoms. The maximum Gasteiger partial charge on any atom is 0.272 e. The van der Waals surface area contributed by atoms with Gasteiger partial charge in [-0.1, -0.05) is 23.2 Å². The molecule has 0 aliphatic heterocycles. The van der Waals surface area contributed by atoms with Crippen molar-refractivity contribution in [1.29, 1.82) is 0 Å². The lowest BCUT2D eigenvalue weighted by atomic mass is 9.76. The van der Waals surface area contributed by atoms with Gasteiger partial charge in [-0.05, 0) is 74.6 Å². The molecule has 3 fully saturated rings. The highest BCUT2D eigenvalue weighted by Crippen LogP contribution is 2.52. The van der Waals surface area contributed by atoms with Gasteiger partial charge in [0.25, 0.3) is 11.8 Å². The second-order valence-electron chi connectivity index (χ2n) is 9.20. The van der Waals surface area contributed by atoms with Crippen molar-refractivity contribution < 1.29 is 18.7 Å². The number of amides is 2. The Hall–Kier alpha value is -3.10. The highest BCUT2D eigenvalue weighted by molar-refractivity contribution is 6.31. The minimum absolute atomic E-state index is 0.00761. The molecule has 3 aliphatic rings. The van der Waals surface area contributed by atoms with Crippen LogP contribution in [0.5, 0.6) is 5.75 Å². The quantitative estimate of drug-likeness (QED) is 0.485. The van der Waals surface area contributed by atoms with Gasteiger partial charge in [-0.3, -0.25) is 9.59 Å². The molecule has 0 radical (unpaired) electrons. The number of carbonyl (C=O) groups is 2. The lowest BCUT2D eigenvalue weighted by Gasteiger charge is -2.38. The van der Waals surface area contributed by atoms with Crippen LogP contribution in [0.15, 0.2) is 48.5 Å². The third-order valence-corrected chi connectivity index (χ3v) is 7.22. The molecule has 0 saturated heterocycles. The lowest BCUT2D eigenvalue weighted by molar-refractivity contribution is -0.124. The van der Waals surface area contributed by atoms with Crippen molar-refractivity contribution in [2.75, 3.05) is 6.61 Å². The number of carbonyl (C=O) groups excluding carboxylic acids is 2. The number of benzene rings is 2. The Morgan fingerprint density at radius 1 is 1.14 bits per heavy atom. The van der Waals surface area contributed by atoms with Crippen LogP contribution in [0.4, 0.5) is 4.39 Å². The zero-order valence-electron chi connectivity index (χ0n) is 18.9. The summed E-state index contributed by atoms with van der Waals surface area (Å²) in [5.41, 5.74) is 1.64. The summed E-state index contributed by atoms with van der Waals surface area (Å²) in [6, 6.07) is 13.0. The first-order chi connectivity index (χ1) is 16.7. The minimum Gasteiger partial charge on any atom is -0.484 e.